The molecule has 0 spiro atoms. The van der Waals surface area contributed by atoms with Gasteiger partial charge in [-0.25, -0.2) is 0 Å². The van der Waals surface area contributed by atoms with Gasteiger partial charge in [0.15, 0.2) is 5.16 Å². The van der Waals surface area contributed by atoms with Crippen molar-refractivity contribution in [2.75, 3.05) is 12.4 Å². The summed E-state index contributed by atoms with van der Waals surface area (Å²) in [5.41, 5.74) is 0. The number of carbonyl (C=O) groups is 2. The van der Waals surface area contributed by atoms with Crippen molar-refractivity contribution in [2.45, 2.75) is 38.4 Å². The van der Waals surface area contributed by atoms with Crippen LogP contribution in [0, 0.1) is 0 Å². The Morgan fingerprint density at radius 3 is 2.70 bits per heavy atom. The predicted octanol–water partition coefficient (Wildman–Crippen LogP) is 0.537. The fourth-order valence-corrected chi connectivity index (χ4v) is 2.20. The van der Waals surface area contributed by atoms with Crippen molar-refractivity contribution in [1.82, 2.24) is 20.1 Å². The first-order valence-electron chi connectivity index (χ1n) is 6.40. The molecule has 0 aliphatic rings. The molecule has 0 bridgehead atoms. The van der Waals surface area contributed by atoms with Crippen LogP contribution in [0.3, 0.4) is 0 Å². The smallest absolute Gasteiger partial charge is 0.313 e. The molecule has 1 N–H and O–H groups in total. The summed E-state index contributed by atoms with van der Waals surface area (Å²) >= 11 is 1.28. The summed E-state index contributed by atoms with van der Waals surface area (Å²) in [6.07, 6.45) is 0.0795. The van der Waals surface area contributed by atoms with Crippen molar-refractivity contribution in [2.24, 2.45) is 7.05 Å². The van der Waals surface area contributed by atoms with E-state index < -0.39 is 0 Å². The number of rotatable bonds is 7. The van der Waals surface area contributed by atoms with Crippen LogP contribution in [0.1, 0.15) is 26.6 Å². The Morgan fingerprint density at radius 1 is 1.40 bits per heavy atom. The molecule has 0 radical (unpaired) electrons. The maximum Gasteiger partial charge on any atom is 0.313 e. The van der Waals surface area contributed by atoms with E-state index in [2.05, 4.69) is 15.5 Å². The first-order chi connectivity index (χ1) is 9.43. The van der Waals surface area contributed by atoms with Crippen LogP contribution in [-0.2, 0) is 27.8 Å². The molecule has 1 aromatic rings. The van der Waals surface area contributed by atoms with Gasteiger partial charge in [-0.05, 0) is 20.8 Å². The molecule has 0 aliphatic heterocycles. The topological polar surface area (TPSA) is 86.1 Å². The predicted molar refractivity (Wildman–Crippen MR) is 75.3 cm³/mol. The molecule has 1 amide bonds. The Bertz CT molecular complexity index is 473. The van der Waals surface area contributed by atoms with Gasteiger partial charge in [0.2, 0.25) is 5.91 Å². The van der Waals surface area contributed by atoms with Crippen molar-refractivity contribution in [3.05, 3.63) is 5.82 Å². The minimum Gasteiger partial charge on any atom is -0.466 e. The number of hydrogen-bond donors (Lipinski definition) is 1. The van der Waals surface area contributed by atoms with Gasteiger partial charge in [0.05, 0.1) is 12.4 Å². The lowest BCUT2D eigenvalue weighted by molar-refractivity contribution is -0.142. The van der Waals surface area contributed by atoms with E-state index in [0.29, 0.717) is 17.6 Å². The molecule has 1 rings (SSSR count). The van der Waals surface area contributed by atoms with Crippen LogP contribution >= 0.6 is 11.8 Å². The molecule has 1 heterocycles. The highest BCUT2D eigenvalue weighted by atomic mass is 32.2. The summed E-state index contributed by atoms with van der Waals surface area (Å²) in [7, 11) is 1.76. The maximum absolute atomic E-state index is 11.5. The van der Waals surface area contributed by atoms with Crippen molar-refractivity contribution < 1.29 is 14.3 Å². The van der Waals surface area contributed by atoms with Crippen LogP contribution in [0.4, 0.5) is 0 Å². The minimum atomic E-state index is -0.336. The number of carbonyl (C=O) groups excluding carboxylic acids is 2. The van der Waals surface area contributed by atoms with E-state index in [1.54, 1.807) is 18.5 Å². The fourth-order valence-electron chi connectivity index (χ4n) is 1.46. The van der Waals surface area contributed by atoms with Crippen LogP contribution in [0.25, 0.3) is 0 Å². The van der Waals surface area contributed by atoms with Crippen LogP contribution < -0.4 is 5.32 Å². The van der Waals surface area contributed by atoms with Gasteiger partial charge in [-0.1, -0.05) is 11.8 Å². The van der Waals surface area contributed by atoms with Crippen LogP contribution in [-0.4, -0.2) is 45.0 Å². The number of thioether (sulfide) groups is 1. The van der Waals surface area contributed by atoms with Crippen molar-refractivity contribution in [1.29, 1.82) is 0 Å². The normalized spacial score (nSPS) is 10.7. The van der Waals surface area contributed by atoms with Gasteiger partial charge in [0.1, 0.15) is 12.2 Å². The first-order valence-corrected chi connectivity index (χ1v) is 7.38. The van der Waals surface area contributed by atoms with Crippen molar-refractivity contribution in [3.63, 3.8) is 0 Å². The minimum absolute atomic E-state index is 0.0556. The number of nitrogens with one attached hydrogen (secondary N) is 1. The number of amides is 1. The summed E-state index contributed by atoms with van der Waals surface area (Å²) in [4.78, 5) is 22.9. The molecular formula is C12H20N4O3S. The Labute approximate surface area is 122 Å². The number of nitrogens with zero attached hydrogens (tertiary/aromatic N) is 3. The van der Waals surface area contributed by atoms with E-state index in [9.17, 15) is 9.59 Å². The van der Waals surface area contributed by atoms with Gasteiger partial charge < -0.3 is 14.6 Å². The third-order valence-corrected chi connectivity index (χ3v) is 3.34. The highest BCUT2D eigenvalue weighted by Gasteiger charge is 2.14. The molecule has 0 unspecified atom stereocenters. The monoisotopic (exact) mass is 300 g/mol. The molecule has 0 fully saturated rings. The van der Waals surface area contributed by atoms with Gasteiger partial charge in [-0.2, -0.15) is 0 Å². The third kappa shape index (κ3) is 5.20. The van der Waals surface area contributed by atoms with Gasteiger partial charge in [-0.3, -0.25) is 9.59 Å². The highest BCUT2D eigenvalue weighted by molar-refractivity contribution is 7.99. The standard InChI is InChI=1S/C12H20N4O3S/c1-5-19-11(18)6-9-14-15-12(16(9)4)20-7-10(17)13-8(2)3/h8H,5-7H2,1-4H3,(H,13,17). The Hall–Kier alpha value is -1.57. The molecule has 112 valence electrons. The molecular weight excluding hydrogens is 280 g/mol. The third-order valence-electron chi connectivity index (χ3n) is 2.31. The quantitative estimate of drug-likeness (QED) is 0.584. The van der Waals surface area contributed by atoms with E-state index in [0.717, 1.165) is 0 Å². The molecule has 0 saturated heterocycles. The van der Waals surface area contributed by atoms with E-state index in [1.807, 2.05) is 13.8 Å². The SMILES string of the molecule is CCOC(=O)Cc1nnc(SCC(=O)NC(C)C)n1C. The molecule has 20 heavy (non-hydrogen) atoms. The Morgan fingerprint density at radius 2 is 2.10 bits per heavy atom. The lowest BCUT2D eigenvalue weighted by atomic mass is 10.4. The summed E-state index contributed by atoms with van der Waals surface area (Å²) in [6, 6.07) is 0.113. The van der Waals surface area contributed by atoms with E-state index in [4.69, 9.17) is 4.74 Å². The number of hydrogen-bond acceptors (Lipinski definition) is 6. The molecule has 1 aromatic heterocycles. The van der Waals surface area contributed by atoms with E-state index >= 15 is 0 Å². The van der Waals surface area contributed by atoms with Crippen LogP contribution in [0.5, 0.6) is 0 Å². The summed E-state index contributed by atoms with van der Waals surface area (Å²) in [5.74, 6) is 0.399. The lowest BCUT2D eigenvalue weighted by Gasteiger charge is -2.07. The van der Waals surface area contributed by atoms with Gasteiger partial charge >= 0.3 is 5.97 Å². The second-order valence-corrected chi connectivity index (χ2v) is 5.39. The molecule has 7 nitrogen and oxygen atoms in total. The fraction of sp³-hybridized carbons (Fsp3) is 0.667. The molecule has 0 aromatic carbocycles. The van der Waals surface area contributed by atoms with E-state index in [1.165, 1.54) is 11.8 Å². The van der Waals surface area contributed by atoms with Gasteiger partial charge in [0.25, 0.3) is 0 Å². The zero-order valence-corrected chi connectivity index (χ0v) is 13.0. The summed E-state index contributed by atoms with van der Waals surface area (Å²) < 4.78 is 6.56. The Balaban J connectivity index is 2.54. The summed E-state index contributed by atoms with van der Waals surface area (Å²) in [6.45, 7) is 5.90. The average molecular weight is 300 g/mol. The molecule has 0 saturated carbocycles. The number of aromatic nitrogens is 3. The summed E-state index contributed by atoms with van der Waals surface area (Å²) in [5, 5.41) is 11.3. The Kier molecular flexibility index (Phi) is 6.50. The van der Waals surface area contributed by atoms with Gasteiger partial charge in [-0.15, -0.1) is 10.2 Å². The second kappa shape index (κ2) is 7.88. The largest absolute Gasteiger partial charge is 0.466 e. The molecule has 0 aliphatic carbocycles. The lowest BCUT2D eigenvalue weighted by Crippen LogP contribution is -2.31. The van der Waals surface area contributed by atoms with Crippen molar-refractivity contribution >= 4 is 23.6 Å². The van der Waals surface area contributed by atoms with Crippen LogP contribution in [0.2, 0.25) is 0 Å². The zero-order chi connectivity index (χ0) is 15.1. The highest BCUT2D eigenvalue weighted by Crippen LogP contribution is 2.15. The maximum atomic E-state index is 11.5. The number of esters is 1. The number of ether oxygens (including phenoxy) is 1. The average Bonchev–Trinajstić information content (AvgIpc) is 2.68. The second-order valence-electron chi connectivity index (χ2n) is 4.45. The molecule has 0 atom stereocenters. The van der Waals surface area contributed by atoms with Crippen molar-refractivity contribution in [3.8, 4) is 0 Å². The van der Waals surface area contributed by atoms with E-state index in [-0.39, 0.29) is 30.1 Å². The van der Waals surface area contributed by atoms with Gasteiger partial charge in [0, 0.05) is 13.1 Å². The van der Waals surface area contributed by atoms with Crippen LogP contribution in [0.15, 0.2) is 5.16 Å². The zero-order valence-electron chi connectivity index (χ0n) is 12.2. The molecule has 8 heteroatoms. The first kappa shape index (κ1) is 16.5.